The second-order valence-corrected chi connectivity index (χ2v) is 4.69. The van der Waals surface area contributed by atoms with Crippen LogP contribution < -0.4 is 0 Å². The van der Waals surface area contributed by atoms with Crippen LogP contribution in [-0.4, -0.2) is 53.3 Å². The van der Waals surface area contributed by atoms with Gasteiger partial charge in [-0.25, -0.2) is 4.98 Å². The number of imidazole rings is 1. The molecule has 0 aromatic carbocycles. The molecule has 1 fully saturated rings. The van der Waals surface area contributed by atoms with Crippen molar-refractivity contribution in [2.75, 3.05) is 32.9 Å². The molecule has 8 heteroatoms. The number of nitrogens with zero attached hydrogens (tertiary/aromatic N) is 3. The number of ether oxygens (including phenoxy) is 2. The van der Waals surface area contributed by atoms with Crippen LogP contribution in [0.5, 0.6) is 0 Å². The van der Waals surface area contributed by atoms with Crippen LogP contribution in [0.3, 0.4) is 0 Å². The minimum atomic E-state index is -0.211. The van der Waals surface area contributed by atoms with Crippen LogP contribution in [0.2, 0.25) is 10.3 Å². The van der Waals surface area contributed by atoms with Crippen LogP contribution in [0.4, 0.5) is 0 Å². The second-order valence-electron chi connectivity index (χ2n) is 3.97. The lowest BCUT2D eigenvalue weighted by atomic mass is 10.4. The molecule has 2 heterocycles. The van der Waals surface area contributed by atoms with Crippen molar-refractivity contribution in [2.24, 2.45) is 0 Å². The third-order valence-electron chi connectivity index (χ3n) is 2.78. The molecule has 0 aliphatic carbocycles. The van der Waals surface area contributed by atoms with Crippen molar-refractivity contribution in [1.29, 1.82) is 0 Å². The highest BCUT2D eigenvalue weighted by Gasteiger charge is 2.26. The quantitative estimate of drug-likeness (QED) is 0.849. The molecule has 0 bridgehead atoms. The molecule has 2 rings (SSSR count). The van der Waals surface area contributed by atoms with Crippen LogP contribution in [0.15, 0.2) is 0 Å². The van der Waals surface area contributed by atoms with Crippen molar-refractivity contribution in [3.8, 4) is 0 Å². The van der Waals surface area contributed by atoms with Gasteiger partial charge in [0.25, 0.3) is 5.91 Å². The highest BCUT2D eigenvalue weighted by atomic mass is 35.5. The Balaban J connectivity index is 2.22. The number of hydrogen-bond acceptors (Lipinski definition) is 4. The first-order valence-electron chi connectivity index (χ1n) is 6.01. The summed E-state index contributed by atoms with van der Waals surface area (Å²) < 4.78 is 12.0. The second kappa shape index (κ2) is 6.56. The van der Waals surface area contributed by atoms with Gasteiger partial charge in [-0.1, -0.05) is 23.2 Å². The molecule has 6 nitrogen and oxygen atoms in total. The molecule has 0 atom stereocenters. The Morgan fingerprint density at radius 2 is 2.11 bits per heavy atom. The molecular formula is C11H15Cl2N3O3. The smallest absolute Gasteiger partial charge is 0.290 e. The molecule has 1 aromatic rings. The zero-order chi connectivity index (χ0) is 13.8. The summed E-state index contributed by atoms with van der Waals surface area (Å²) in [5.41, 5.74) is 0. The van der Waals surface area contributed by atoms with Crippen LogP contribution >= 0.6 is 23.2 Å². The van der Waals surface area contributed by atoms with Crippen LogP contribution in [0, 0.1) is 0 Å². The summed E-state index contributed by atoms with van der Waals surface area (Å²) in [6.07, 6.45) is 0. The maximum Gasteiger partial charge on any atom is 0.290 e. The van der Waals surface area contributed by atoms with Crippen molar-refractivity contribution in [2.45, 2.75) is 13.7 Å². The molecular weight excluding hydrogens is 293 g/mol. The van der Waals surface area contributed by atoms with Crippen molar-refractivity contribution >= 4 is 29.1 Å². The van der Waals surface area contributed by atoms with E-state index >= 15 is 0 Å². The van der Waals surface area contributed by atoms with Crippen LogP contribution in [0.1, 0.15) is 17.5 Å². The van der Waals surface area contributed by atoms with Crippen molar-refractivity contribution in [3.63, 3.8) is 0 Å². The molecule has 1 amide bonds. The van der Waals surface area contributed by atoms with E-state index in [1.165, 1.54) is 4.57 Å². The Labute approximate surface area is 121 Å². The van der Waals surface area contributed by atoms with Gasteiger partial charge >= 0.3 is 0 Å². The van der Waals surface area contributed by atoms with Gasteiger partial charge in [-0.15, -0.1) is 0 Å². The van der Waals surface area contributed by atoms with Gasteiger partial charge in [-0.3, -0.25) is 9.36 Å². The van der Waals surface area contributed by atoms with Crippen molar-refractivity contribution < 1.29 is 14.3 Å². The summed E-state index contributed by atoms with van der Waals surface area (Å²) in [6.45, 7) is 4.65. The lowest BCUT2D eigenvalue weighted by Gasteiger charge is -2.26. The van der Waals surface area contributed by atoms with Crippen molar-refractivity contribution in [1.82, 2.24) is 14.5 Å². The Morgan fingerprint density at radius 3 is 2.74 bits per heavy atom. The van der Waals surface area contributed by atoms with Crippen LogP contribution in [0.25, 0.3) is 0 Å². The largest absolute Gasteiger partial charge is 0.378 e. The lowest BCUT2D eigenvalue weighted by molar-refractivity contribution is 0.0276. The van der Waals surface area contributed by atoms with E-state index in [9.17, 15) is 4.79 Å². The molecule has 1 aliphatic heterocycles. The van der Waals surface area contributed by atoms with Crippen LogP contribution in [-0.2, 0) is 16.2 Å². The summed E-state index contributed by atoms with van der Waals surface area (Å²) in [7, 11) is 0. The molecule has 106 valence electrons. The topological polar surface area (TPSA) is 56.6 Å². The standard InChI is InChI=1S/C11H15Cl2N3O3/c1-2-18-7-16-9(13)8(12)14-10(16)11(17)15-3-5-19-6-4-15/h2-7H2,1H3. The van der Waals surface area contributed by atoms with Gasteiger partial charge in [0.05, 0.1) is 13.2 Å². The monoisotopic (exact) mass is 307 g/mol. The first kappa shape index (κ1) is 14.6. The number of morpholine rings is 1. The Kier molecular flexibility index (Phi) is 5.04. The first-order valence-corrected chi connectivity index (χ1v) is 6.77. The predicted octanol–water partition coefficient (Wildman–Crippen LogP) is 1.66. The zero-order valence-corrected chi connectivity index (χ0v) is 12.1. The molecule has 0 N–H and O–H groups in total. The van der Waals surface area contributed by atoms with Gasteiger partial charge in [0.2, 0.25) is 5.82 Å². The highest BCUT2D eigenvalue weighted by Crippen LogP contribution is 2.24. The fourth-order valence-electron chi connectivity index (χ4n) is 1.78. The molecule has 1 saturated heterocycles. The Bertz CT molecular complexity index is 458. The fraction of sp³-hybridized carbons (Fsp3) is 0.636. The van der Waals surface area contributed by atoms with Gasteiger partial charge < -0.3 is 14.4 Å². The zero-order valence-electron chi connectivity index (χ0n) is 10.6. The van der Waals surface area contributed by atoms with Gasteiger partial charge in [-0.05, 0) is 6.92 Å². The first-order chi connectivity index (χ1) is 9.15. The molecule has 1 aliphatic rings. The van der Waals surface area contributed by atoms with Gasteiger partial charge in [-0.2, -0.15) is 0 Å². The molecule has 1 aromatic heterocycles. The molecule has 0 saturated carbocycles. The van der Waals surface area contributed by atoms with Crippen molar-refractivity contribution in [3.05, 3.63) is 16.1 Å². The fourth-order valence-corrected chi connectivity index (χ4v) is 2.13. The average molecular weight is 308 g/mol. The van der Waals surface area contributed by atoms with Gasteiger partial charge in [0.1, 0.15) is 11.9 Å². The maximum absolute atomic E-state index is 12.4. The third kappa shape index (κ3) is 3.20. The number of hydrogen-bond donors (Lipinski definition) is 0. The van der Waals surface area contributed by atoms with E-state index in [0.29, 0.717) is 32.9 Å². The maximum atomic E-state index is 12.4. The van der Waals surface area contributed by atoms with E-state index in [4.69, 9.17) is 32.7 Å². The molecule has 19 heavy (non-hydrogen) atoms. The van der Waals surface area contributed by atoms with E-state index < -0.39 is 0 Å². The van der Waals surface area contributed by atoms with Gasteiger partial charge in [0, 0.05) is 19.7 Å². The Morgan fingerprint density at radius 1 is 1.42 bits per heavy atom. The minimum Gasteiger partial charge on any atom is -0.378 e. The SMILES string of the molecule is CCOCn1c(C(=O)N2CCOCC2)nc(Cl)c1Cl. The highest BCUT2D eigenvalue weighted by molar-refractivity contribution is 6.40. The number of halogens is 2. The van der Waals surface area contributed by atoms with E-state index in [1.807, 2.05) is 6.92 Å². The summed E-state index contributed by atoms with van der Waals surface area (Å²) in [4.78, 5) is 18.1. The third-order valence-corrected chi connectivity index (χ3v) is 3.52. The van der Waals surface area contributed by atoms with E-state index in [-0.39, 0.29) is 28.8 Å². The molecule has 0 spiro atoms. The number of rotatable bonds is 4. The van der Waals surface area contributed by atoms with E-state index in [0.717, 1.165) is 0 Å². The summed E-state index contributed by atoms with van der Waals surface area (Å²) in [6, 6.07) is 0. The van der Waals surface area contributed by atoms with Gasteiger partial charge in [0.15, 0.2) is 5.15 Å². The molecule has 0 unspecified atom stereocenters. The lowest BCUT2D eigenvalue weighted by Crippen LogP contribution is -2.41. The minimum absolute atomic E-state index is 0.109. The number of aromatic nitrogens is 2. The number of carbonyl (C=O) groups is 1. The summed E-state index contributed by atoms with van der Waals surface area (Å²) in [5, 5.41) is 0.324. The normalized spacial score (nSPS) is 15.8. The summed E-state index contributed by atoms with van der Waals surface area (Å²) >= 11 is 11.9. The number of amides is 1. The molecule has 0 radical (unpaired) electrons. The van der Waals surface area contributed by atoms with E-state index in [2.05, 4.69) is 4.98 Å². The Hall–Kier alpha value is -0.820. The number of carbonyl (C=O) groups excluding carboxylic acids is 1. The summed E-state index contributed by atoms with van der Waals surface area (Å²) in [5.74, 6) is -0.0119. The predicted molar refractivity (Wildman–Crippen MR) is 70.6 cm³/mol. The van der Waals surface area contributed by atoms with E-state index in [1.54, 1.807) is 4.90 Å². The average Bonchev–Trinajstić information content (AvgIpc) is 2.73.